The van der Waals surface area contributed by atoms with Gasteiger partial charge < -0.3 is 15.0 Å². The van der Waals surface area contributed by atoms with E-state index in [4.69, 9.17) is 4.74 Å². The Bertz CT molecular complexity index is 363. The fourth-order valence-corrected chi connectivity index (χ4v) is 2.27. The summed E-state index contributed by atoms with van der Waals surface area (Å²) in [6, 6.07) is 6.83. The summed E-state index contributed by atoms with van der Waals surface area (Å²) in [6.07, 6.45) is 1.11. The lowest BCUT2D eigenvalue weighted by Gasteiger charge is -2.29. The predicted molar refractivity (Wildman–Crippen MR) is 66.0 cm³/mol. The monoisotopic (exact) mass is 220 g/mol. The molecule has 1 N–H and O–H groups in total. The van der Waals surface area contributed by atoms with Gasteiger partial charge in [-0.1, -0.05) is 6.07 Å². The molecule has 1 aromatic rings. The maximum atomic E-state index is 5.29. The van der Waals surface area contributed by atoms with Crippen LogP contribution in [0.25, 0.3) is 0 Å². The lowest BCUT2D eigenvalue weighted by Crippen LogP contribution is -2.36. The zero-order chi connectivity index (χ0) is 11.5. The quantitative estimate of drug-likeness (QED) is 0.834. The van der Waals surface area contributed by atoms with E-state index in [9.17, 15) is 0 Å². The number of rotatable bonds is 3. The molecule has 16 heavy (non-hydrogen) atoms. The van der Waals surface area contributed by atoms with Crippen LogP contribution in [0.2, 0.25) is 0 Å². The Morgan fingerprint density at radius 2 is 2.25 bits per heavy atom. The van der Waals surface area contributed by atoms with Crippen LogP contribution in [-0.4, -0.2) is 39.2 Å². The summed E-state index contributed by atoms with van der Waals surface area (Å²) in [5, 5.41) is 3.56. The fourth-order valence-electron chi connectivity index (χ4n) is 2.27. The van der Waals surface area contributed by atoms with E-state index in [1.165, 1.54) is 11.1 Å². The highest BCUT2D eigenvalue weighted by molar-refractivity contribution is 5.39. The van der Waals surface area contributed by atoms with Gasteiger partial charge in [0.1, 0.15) is 5.75 Å². The van der Waals surface area contributed by atoms with Crippen molar-refractivity contribution in [1.82, 2.24) is 10.2 Å². The minimum Gasteiger partial charge on any atom is -0.497 e. The molecule has 1 aliphatic heterocycles. The molecule has 1 heterocycles. The first kappa shape index (κ1) is 11.4. The zero-order valence-electron chi connectivity index (χ0n) is 10.3. The Morgan fingerprint density at radius 3 is 2.94 bits per heavy atom. The standard InChI is InChI=1S/C13H20N2O/c1-15(2)9-13-12-8-11(16-3)5-4-10(12)6-7-14-13/h4-5,8,13-14H,6-7,9H2,1-3H3. The number of ether oxygens (including phenoxy) is 1. The minimum absolute atomic E-state index is 0.425. The Labute approximate surface area is 97.4 Å². The lowest BCUT2D eigenvalue weighted by atomic mass is 9.94. The van der Waals surface area contributed by atoms with Gasteiger partial charge in [-0.2, -0.15) is 0 Å². The number of hydrogen-bond donors (Lipinski definition) is 1. The first-order valence-corrected chi connectivity index (χ1v) is 5.75. The van der Waals surface area contributed by atoms with Gasteiger partial charge in [0.25, 0.3) is 0 Å². The molecule has 1 aliphatic rings. The van der Waals surface area contributed by atoms with Crippen LogP contribution in [0.15, 0.2) is 18.2 Å². The van der Waals surface area contributed by atoms with Gasteiger partial charge in [0, 0.05) is 12.6 Å². The molecule has 0 saturated carbocycles. The topological polar surface area (TPSA) is 24.5 Å². The lowest BCUT2D eigenvalue weighted by molar-refractivity contribution is 0.333. The van der Waals surface area contributed by atoms with Crippen molar-refractivity contribution in [3.8, 4) is 5.75 Å². The molecular weight excluding hydrogens is 200 g/mol. The van der Waals surface area contributed by atoms with Crippen LogP contribution in [0.3, 0.4) is 0 Å². The van der Waals surface area contributed by atoms with E-state index in [0.717, 1.165) is 25.3 Å². The molecule has 1 unspecified atom stereocenters. The Hall–Kier alpha value is -1.06. The summed E-state index contributed by atoms with van der Waals surface area (Å²) in [7, 11) is 5.94. The highest BCUT2D eigenvalue weighted by atomic mass is 16.5. The van der Waals surface area contributed by atoms with Gasteiger partial charge in [0.05, 0.1) is 7.11 Å². The highest BCUT2D eigenvalue weighted by Gasteiger charge is 2.20. The van der Waals surface area contributed by atoms with E-state index in [2.05, 4.69) is 42.5 Å². The fraction of sp³-hybridized carbons (Fsp3) is 0.538. The summed E-state index contributed by atoms with van der Waals surface area (Å²) < 4.78 is 5.29. The molecule has 3 heteroatoms. The molecule has 2 rings (SSSR count). The summed E-state index contributed by atoms with van der Waals surface area (Å²) >= 11 is 0. The van der Waals surface area contributed by atoms with Crippen molar-refractivity contribution in [1.29, 1.82) is 0 Å². The van der Waals surface area contributed by atoms with Gasteiger partial charge >= 0.3 is 0 Å². The molecular formula is C13H20N2O. The molecule has 0 fully saturated rings. The predicted octanol–water partition coefficient (Wildman–Crippen LogP) is 1.44. The third-order valence-corrected chi connectivity index (χ3v) is 3.06. The second kappa shape index (κ2) is 4.85. The minimum atomic E-state index is 0.425. The number of nitrogens with zero attached hydrogens (tertiary/aromatic N) is 1. The van der Waals surface area contributed by atoms with Crippen molar-refractivity contribution >= 4 is 0 Å². The molecule has 0 bridgehead atoms. The van der Waals surface area contributed by atoms with Crippen LogP contribution in [-0.2, 0) is 6.42 Å². The number of fused-ring (bicyclic) bond motifs is 1. The summed E-state index contributed by atoms with van der Waals surface area (Å²) in [5.74, 6) is 0.950. The Kier molecular flexibility index (Phi) is 3.46. The number of benzene rings is 1. The van der Waals surface area contributed by atoms with Crippen molar-refractivity contribution in [2.24, 2.45) is 0 Å². The van der Waals surface area contributed by atoms with Gasteiger partial charge in [0.15, 0.2) is 0 Å². The van der Waals surface area contributed by atoms with Gasteiger partial charge in [-0.15, -0.1) is 0 Å². The first-order chi connectivity index (χ1) is 7.70. The third-order valence-electron chi connectivity index (χ3n) is 3.06. The van der Waals surface area contributed by atoms with E-state index in [1.54, 1.807) is 7.11 Å². The molecule has 0 saturated heterocycles. The second-order valence-corrected chi connectivity index (χ2v) is 4.58. The molecule has 1 aromatic carbocycles. The van der Waals surface area contributed by atoms with Crippen molar-refractivity contribution in [3.63, 3.8) is 0 Å². The van der Waals surface area contributed by atoms with Crippen molar-refractivity contribution in [2.75, 3.05) is 34.3 Å². The normalized spacial score (nSPS) is 19.6. The maximum Gasteiger partial charge on any atom is 0.119 e. The summed E-state index contributed by atoms with van der Waals surface area (Å²) in [5.41, 5.74) is 2.84. The van der Waals surface area contributed by atoms with Crippen molar-refractivity contribution < 1.29 is 4.74 Å². The number of methoxy groups -OCH3 is 1. The average Bonchev–Trinajstić information content (AvgIpc) is 2.28. The smallest absolute Gasteiger partial charge is 0.119 e. The second-order valence-electron chi connectivity index (χ2n) is 4.58. The molecule has 0 aliphatic carbocycles. The van der Waals surface area contributed by atoms with Gasteiger partial charge in [-0.3, -0.25) is 0 Å². The summed E-state index contributed by atoms with van der Waals surface area (Å²) in [6.45, 7) is 2.10. The SMILES string of the molecule is COc1ccc2c(c1)C(CN(C)C)NCC2. The van der Waals surface area contributed by atoms with E-state index in [-0.39, 0.29) is 0 Å². The van der Waals surface area contributed by atoms with E-state index < -0.39 is 0 Å². The molecule has 88 valence electrons. The Balaban J connectivity index is 2.28. The molecule has 1 atom stereocenters. The largest absolute Gasteiger partial charge is 0.497 e. The van der Waals surface area contributed by atoms with Crippen LogP contribution in [0, 0.1) is 0 Å². The highest BCUT2D eigenvalue weighted by Crippen LogP contribution is 2.27. The van der Waals surface area contributed by atoms with E-state index in [1.807, 2.05) is 0 Å². The van der Waals surface area contributed by atoms with Gasteiger partial charge in [0.2, 0.25) is 0 Å². The Morgan fingerprint density at radius 1 is 1.44 bits per heavy atom. The van der Waals surface area contributed by atoms with Crippen LogP contribution in [0.4, 0.5) is 0 Å². The molecule has 0 spiro atoms. The van der Waals surface area contributed by atoms with E-state index in [0.29, 0.717) is 6.04 Å². The van der Waals surface area contributed by atoms with Crippen LogP contribution in [0.1, 0.15) is 17.2 Å². The first-order valence-electron chi connectivity index (χ1n) is 5.75. The third kappa shape index (κ3) is 2.36. The van der Waals surface area contributed by atoms with Gasteiger partial charge in [-0.05, 0) is 50.3 Å². The van der Waals surface area contributed by atoms with Gasteiger partial charge in [-0.25, -0.2) is 0 Å². The number of nitrogens with one attached hydrogen (secondary N) is 1. The van der Waals surface area contributed by atoms with Crippen LogP contribution in [0.5, 0.6) is 5.75 Å². The zero-order valence-corrected chi connectivity index (χ0v) is 10.3. The number of hydrogen-bond acceptors (Lipinski definition) is 3. The summed E-state index contributed by atoms with van der Waals surface area (Å²) in [4.78, 5) is 2.21. The molecule has 0 amide bonds. The van der Waals surface area contributed by atoms with Crippen molar-refractivity contribution in [3.05, 3.63) is 29.3 Å². The van der Waals surface area contributed by atoms with Crippen LogP contribution < -0.4 is 10.1 Å². The molecule has 3 nitrogen and oxygen atoms in total. The van der Waals surface area contributed by atoms with E-state index >= 15 is 0 Å². The average molecular weight is 220 g/mol. The van der Waals surface area contributed by atoms with Crippen molar-refractivity contribution in [2.45, 2.75) is 12.5 Å². The molecule has 0 aromatic heterocycles. The maximum absolute atomic E-state index is 5.29. The number of likely N-dealkylation sites (N-methyl/N-ethyl adjacent to an activating group) is 1. The van der Waals surface area contributed by atoms with Crippen LogP contribution >= 0.6 is 0 Å². The molecule has 0 radical (unpaired) electrons.